The summed E-state index contributed by atoms with van der Waals surface area (Å²) in [4.78, 5) is 11.2. The molecule has 0 aromatic carbocycles. The summed E-state index contributed by atoms with van der Waals surface area (Å²) in [5, 5.41) is 11.2. The number of amides is 1. The van der Waals surface area contributed by atoms with Crippen molar-refractivity contribution in [3.05, 3.63) is 0 Å². The molecule has 0 rings (SSSR count). The second-order valence-electron chi connectivity index (χ2n) is 4.12. The Morgan fingerprint density at radius 3 is 2.60 bits per heavy atom. The van der Waals surface area contributed by atoms with Crippen LogP contribution in [0.4, 0.5) is 4.79 Å². The first-order chi connectivity index (χ1) is 6.95. The third-order valence-corrected chi connectivity index (χ3v) is 2.43. The first-order valence-corrected chi connectivity index (χ1v) is 6.26. The summed E-state index contributed by atoms with van der Waals surface area (Å²) in [5.74, 6) is 1.77. The van der Waals surface area contributed by atoms with Gasteiger partial charge in [0.05, 0.1) is 0 Å². The van der Waals surface area contributed by atoms with E-state index in [2.05, 4.69) is 5.32 Å². The molecular weight excluding hydrogens is 214 g/mol. The van der Waals surface area contributed by atoms with Gasteiger partial charge in [-0.3, -0.25) is 0 Å². The quantitative estimate of drug-likeness (QED) is 0.687. The molecule has 0 aliphatic rings. The molecule has 0 bridgehead atoms. The molecule has 90 valence electrons. The highest BCUT2D eigenvalue weighted by atomic mass is 32.2. The predicted octanol–water partition coefficient (Wildman–Crippen LogP) is 1.63. The summed E-state index contributed by atoms with van der Waals surface area (Å²) >= 11 is 1.71. The van der Waals surface area contributed by atoms with Crippen molar-refractivity contribution in [2.75, 3.05) is 24.7 Å². The first-order valence-electron chi connectivity index (χ1n) is 5.11. The molecule has 0 saturated heterocycles. The zero-order valence-electron chi connectivity index (χ0n) is 9.71. The van der Waals surface area contributed by atoms with Crippen LogP contribution < -0.4 is 5.32 Å². The highest BCUT2D eigenvalue weighted by Gasteiger charge is 2.15. The van der Waals surface area contributed by atoms with Crippen molar-refractivity contribution in [1.82, 2.24) is 5.32 Å². The lowest BCUT2D eigenvalue weighted by molar-refractivity contribution is 0.0531. The minimum Gasteiger partial charge on any atom is -0.444 e. The Hall–Kier alpha value is -0.420. The molecule has 0 aromatic heterocycles. The van der Waals surface area contributed by atoms with Gasteiger partial charge >= 0.3 is 6.09 Å². The van der Waals surface area contributed by atoms with Crippen LogP contribution in [-0.2, 0) is 4.74 Å². The SMILES string of the molecule is CC(C)(C)OC(=O)NCCSCCCO. The van der Waals surface area contributed by atoms with E-state index in [1.165, 1.54) is 0 Å². The number of hydrogen-bond acceptors (Lipinski definition) is 4. The number of nitrogens with one attached hydrogen (secondary N) is 1. The Kier molecular flexibility index (Phi) is 7.60. The monoisotopic (exact) mass is 235 g/mol. The van der Waals surface area contributed by atoms with Gasteiger partial charge in [0, 0.05) is 18.9 Å². The molecule has 1 amide bonds. The topological polar surface area (TPSA) is 58.6 Å². The average Bonchev–Trinajstić information content (AvgIpc) is 2.08. The minimum absolute atomic E-state index is 0.229. The van der Waals surface area contributed by atoms with Gasteiger partial charge in [-0.2, -0.15) is 11.8 Å². The van der Waals surface area contributed by atoms with Crippen LogP contribution in [0.15, 0.2) is 0 Å². The largest absolute Gasteiger partial charge is 0.444 e. The zero-order valence-corrected chi connectivity index (χ0v) is 10.5. The van der Waals surface area contributed by atoms with Crippen molar-refractivity contribution < 1.29 is 14.6 Å². The summed E-state index contributed by atoms with van der Waals surface area (Å²) in [7, 11) is 0. The lowest BCUT2D eigenvalue weighted by Gasteiger charge is -2.19. The Morgan fingerprint density at radius 2 is 2.07 bits per heavy atom. The Bertz CT molecular complexity index is 180. The van der Waals surface area contributed by atoms with Gasteiger partial charge in [0.15, 0.2) is 0 Å². The highest BCUT2D eigenvalue weighted by molar-refractivity contribution is 7.99. The normalized spacial score (nSPS) is 11.2. The van der Waals surface area contributed by atoms with Crippen LogP contribution in [0.2, 0.25) is 0 Å². The fraction of sp³-hybridized carbons (Fsp3) is 0.900. The summed E-state index contributed by atoms with van der Waals surface area (Å²) < 4.78 is 5.07. The van der Waals surface area contributed by atoms with Crippen LogP contribution in [0.25, 0.3) is 0 Å². The fourth-order valence-electron chi connectivity index (χ4n) is 0.808. The summed E-state index contributed by atoms with van der Waals surface area (Å²) in [6, 6.07) is 0. The number of rotatable bonds is 6. The van der Waals surface area contributed by atoms with Crippen LogP contribution in [0.1, 0.15) is 27.2 Å². The molecular formula is C10H21NO3S. The van der Waals surface area contributed by atoms with Crippen molar-refractivity contribution >= 4 is 17.9 Å². The molecule has 15 heavy (non-hydrogen) atoms. The zero-order chi connectivity index (χ0) is 11.7. The molecule has 0 unspecified atom stereocenters. The van der Waals surface area contributed by atoms with E-state index in [-0.39, 0.29) is 12.7 Å². The number of ether oxygens (including phenoxy) is 1. The smallest absolute Gasteiger partial charge is 0.407 e. The summed E-state index contributed by atoms with van der Waals surface area (Å²) in [6.07, 6.45) is 0.433. The van der Waals surface area contributed by atoms with Crippen LogP contribution in [0, 0.1) is 0 Å². The maximum atomic E-state index is 11.2. The number of carbonyl (C=O) groups is 1. The number of hydrogen-bond donors (Lipinski definition) is 2. The van der Waals surface area contributed by atoms with Crippen LogP contribution in [0.3, 0.4) is 0 Å². The van der Waals surface area contributed by atoms with E-state index >= 15 is 0 Å². The second-order valence-corrected chi connectivity index (χ2v) is 5.34. The molecule has 0 heterocycles. The van der Waals surface area contributed by atoms with Gasteiger partial charge in [-0.1, -0.05) is 0 Å². The van der Waals surface area contributed by atoms with E-state index in [0.717, 1.165) is 17.9 Å². The Morgan fingerprint density at radius 1 is 1.40 bits per heavy atom. The summed E-state index contributed by atoms with van der Waals surface area (Å²) in [6.45, 7) is 6.34. The number of alkyl carbamates (subject to hydrolysis) is 1. The van der Waals surface area contributed by atoms with Gasteiger partial charge in [-0.15, -0.1) is 0 Å². The van der Waals surface area contributed by atoms with Gasteiger partial charge in [0.2, 0.25) is 0 Å². The van der Waals surface area contributed by atoms with E-state index in [1.54, 1.807) is 11.8 Å². The fourth-order valence-corrected chi connectivity index (χ4v) is 1.59. The number of thioether (sulfide) groups is 1. The van der Waals surface area contributed by atoms with E-state index < -0.39 is 5.60 Å². The molecule has 0 aliphatic heterocycles. The first kappa shape index (κ1) is 14.6. The van der Waals surface area contributed by atoms with E-state index in [1.807, 2.05) is 20.8 Å². The molecule has 5 heteroatoms. The van der Waals surface area contributed by atoms with E-state index in [4.69, 9.17) is 9.84 Å². The van der Waals surface area contributed by atoms with Crippen LogP contribution >= 0.6 is 11.8 Å². The van der Waals surface area contributed by atoms with Crippen molar-refractivity contribution in [2.45, 2.75) is 32.8 Å². The molecule has 0 atom stereocenters. The lowest BCUT2D eigenvalue weighted by Crippen LogP contribution is -2.33. The van der Waals surface area contributed by atoms with E-state index in [9.17, 15) is 4.79 Å². The maximum absolute atomic E-state index is 11.2. The predicted molar refractivity (Wildman–Crippen MR) is 63.3 cm³/mol. The molecule has 0 saturated carbocycles. The van der Waals surface area contributed by atoms with Gasteiger partial charge in [-0.25, -0.2) is 4.79 Å². The van der Waals surface area contributed by atoms with Crippen molar-refractivity contribution in [3.8, 4) is 0 Å². The van der Waals surface area contributed by atoms with Crippen molar-refractivity contribution in [1.29, 1.82) is 0 Å². The van der Waals surface area contributed by atoms with Gasteiger partial charge in [0.1, 0.15) is 5.60 Å². The average molecular weight is 235 g/mol. The standard InChI is InChI=1S/C10H21NO3S/c1-10(2,3)14-9(13)11-5-8-15-7-4-6-12/h12H,4-8H2,1-3H3,(H,11,13). The molecule has 4 nitrogen and oxygen atoms in total. The van der Waals surface area contributed by atoms with Crippen molar-refractivity contribution in [2.24, 2.45) is 0 Å². The van der Waals surface area contributed by atoms with Gasteiger partial charge < -0.3 is 15.2 Å². The molecule has 0 aromatic rings. The molecule has 0 radical (unpaired) electrons. The van der Waals surface area contributed by atoms with E-state index in [0.29, 0.717) is 6.54 Å². The third-order valence-electron chi connectivity index (χ3n) is 1.36. The van der Waals surface area contributed by atoms with Gasteiger partial charge in [0.25, 0.3) is 0 Å². The number of aliphatic hydroxyl groups excluding tert-OH is 1. The van der Waals surface area contributed by atoms with Gasteiger partial charge in [-0.05, 0) is 32.9 Å². The lowest BCUT2D eigenvalue weighted by atomic mass is 10.2. The summed E-state index contributed by atoms with van der Waals surface area (Å²) in [5.41, 5.74) is -0.436. The maximum Gasteiger partial charge on any atom is 0.407 e. The molecule has 0 fully saturated rings. The second kappa shape index (κ2) is 7.82. The number of aliphatic hydroxyl groups is 1. The van der Waals surface area contributed by atoms with Crippen LogP contribution in [-0.4, -0.2) is 41.5 Å². The minimum atomic E-state index is -0.436. The molecule has 2 N–H and O–H groups in total. The number of carbonyl (C=O) groups excluding carboxylic acids is 1. The molecule has 0 spiro atoms. The third kappa shape index (κ3) is 11.5. The Labute approximate surface area is 95.8 Å². The Balaban J connectivity index is 3.32. The highest BCUT2D eigenvalue weighted by Crippen LogP contribution is 2.06. The molecule has 0 aliphatic carbocycles. The van der Waals surface area contributed by atoms with Crippen molar-refractivity contribution in [3.63, 3.8) is 0 Å². The van der Waals surface area contributed by atoms with Crippen LogP contribution in [0.5, 0.6) is 0 Å².